The fourth-order valence-electron chi connectivity index (χ4n) is 2.36. The van der Waals surface area contributed by atoms with Crippen LogP contribution < -0.4 is 9.47 Å². The van der Waals surface area contributed by atoms with Crippen molar-refractivity contribution in [2.45, 2.75) is 24.3 Å². The molecule has 0 amide bonds. The van der Waals surface area contributed by atoms with E-state index in [2.05, 4.69) is 0 Å². The average molecular weight is 315 g/mol. The van der Waals surface area contributed by atoms with Gasteiger partial charge in [-0.3, -0.25) is 0 Å². The first kappa shape index (κ1) is 16.1. The van der Waals surface area contributed by atoms with E-state index in [0.717, 1.165) is 0 Å². The van der Waals surface area contributed by atoms with Gasteiger partial charge >= 0.3 is 0 Å². The van der Waals surface area contributed by atoms with Gasteiger partial charge in [0.05, 0.1) is 25.2 Å². The Hall–Kier alpha value is -1.31. The summed E-state index contributed by atoms with van der Waals surface area (Å²) in [6, 6.07) is 4.49. The fourth-order valence-corrected chi connectivity index (χ4v) is 3.85. The van der Waals surface area contributed by atoms with Crippen molar-refractivity contribution in [1.82, 2.24) is 4.31 Å². The second kappa shape index (κ2) is 6.21. The fraction of sp³-hybridized carbons (Fsp3) is 0.571. The molecule has 0 spiro atoms. The molecular formula is C14H21NO5S. The van der Waals surface area contributed by atoms with E-state index in [9.17, 15) is 13.5 Å². The molecule has 1 aromatic rings. The van der Waals surface area contributed by atoms with Crippen LogP contribution >= 0.6 is 0 Å². The summed E-state index contributed by atoms with van der Waals surface area (Å²) in [5, 5.41) is 9.89. The van der Waals surface area contributed by atoms with Crippen molar-refractivity contribution in [3.8, 4) is 11.5 Å². The van der Waals surface area contributed by atoms with E-state index in [1.54, 1.807) is 6.07 Å². The number of hydrogen-bond donors (Lipinski definition) is 1. The van der Waals surface area contributed by atoms with Crippen LogP contribution in [0.25, 0.3) is 0 Å². The Bertz CT molecular complexity index is 601. The Morgan fingerprint density at radius 1 is 1.24 bits per heavy atom. The van der Waals surface area contributed by atoms with Crippen LogP contribution in [0.4, 0.5) is 0 Å². The van der Waals surface area contributed by atoms with Crippen molar-refractivity contribution in [1.29, 1.82) is 0 Å². The second-order valence-corrected chi connectivity index (χ2v) is 7.15. The Morgan fingerprint density at radius 3 is 2.48 bits per heavy atom. The third-order valence-corrected chi connectivity index (χ3v) is 5.74. The number of aliphatic hydroxyl groups excluding tert-OH is 1. The number of sulfonamides is 1. The van der Waals surface area contributed by atoms with Gasteiger partial charge in [0.2, 0.25) is 10.0 Å². The number of ether oxygens (including phenoxy) is 2. The minimum absolute atomic E-state index is 0.113. The molecule has 1 aliphatic rings. The summed E-state index contributed by atoms with van der Waals surface area (Å²) in [6.45, 7) is 2.46. The first-order valence-corrected chi connectivity index (χ1v) is 8.24. The number of piperidine rings is 1. The average Bonchev–Trinajstić information content (AvgIpc) is 2.49. The van der Waals surface area contributed by atoms with Crippen molar-refractivity contribution in [3.05, 3.63) is 18.2 Å². The minimum Gasteiger partial charge on any atom is -0.493 e. The molecule has 1 aliphatic heterocycles. The standard InChI is InChI=1S/C14H21NO5S/c1-10-6-7-15(9-12(10)16)21(17,18)11-4-5-13(19-2)14(8-11)20-3/h4-5,8,10,12,16H,6-7,9H2,1-3H3. The summed E-state index contributed by atoms with van der Waals surface area (Å²) in [5.41, 5.74) is 0. The van der Waals surface area contributed by atoms with Crippen LogP contribution in [-0.2, 0) is 10.0 Å². The molecule has 1 saturated heterocycles. The van der Waals surface area contributed by atoms with Crippen LogP contribution in [0.2, 0.25) is 0 Å². The Balaban J connectivity index is 2.31. The van der Waals surface area contributed by atoms with Gasteiger partial charge in [0.25, 0.3) is 0 Å². The lowest BCUT2D eigenvalue weighted by Gasteiger charge is -2.33. The molecule has 0 aromatic heterocycles. The van der Waals surface area contributed by atoms with E-state index >= 15 is 0 Å². The Labute approximate surface area is 125 Å². The van der Waals surface area contributed by atoms with Gasteiger partial charge in [-0.05, 0) is 24.5 Å². The van der Waals surface area contributed by atoms with Gasteiger partial charge in [0.1, 0.15) is 0 Å². The maximum Gasteiger partial charge on any atom is 0.243 e. The molecule has 0 radical (unpaired) electrons. The van der Waals surface area contributed by atoms with Crippen molar-refractivity contribution >= 4 is 10.0 Å². The highest BCUT2D eigenvalue weighted by atomic mass is 32.2. The van der Waals surface area contributed by atoms with Gasteiger partial charge in [-0.1, -0.05) is 6.92 Å². The molecule has 0 aliphatic carbocycles. The number of β-amino-alcohol motifs (C(OH)–C–C–N with tert-alkyl or cyclic N) is 1. The smallest absolute Gasteiger partial charge is 0.243 e. The van der Waals surface area contributed by atoms with Crippen LogP contribution in [0.3, 0.4) is 0 Å². The molecule has 118 valence electrons. The highest BCUT2D eigenvalue weighted by molar-refractivity contribution is 7.89. The molecule has 1 heterocycles. The maximum atomic E-state index is 12.6. The van der Waals surface area contributed by atoms with Crippen LogP contribution in [0.5, 0.6) is 11.5 Å². The predicted octanol–water partition coefficient (Wildman–Crippen LogP) is 1.10. The van der Waals surface area contributed by atoms with E-state index in [-0.39, 0.29) is 17.4 Å². The zero-order chi connectivity index (χ0) is 15.6. The lowest BCUT2D eigenvalue weighted by molar-refractivity contribution is 0.0605. The van der Waals surface area contributed by atoms with Crippen LogP contribution in [0, 0.1) is 5.92 Å². The summed E-state index contributed by atoms with van der Waals surface area (Å²) in [6.07, 6.45) is 0.0157. The topological polar surface area (TPSA) is 76.1 Å². The molecule has 1 aromatic carbocycles. The summed E-state index contributed by atoms with van der Waals surface area (Å²) < 4.78 is 36.8. The normalized spacial score (nSPS) is 23.8. The largest absolute Gasteiger partial charge is 0.493 e. The molecule has 7 heteroatoms. The van der Waals surface area contributed by atoms with Crippen molar-refractivity contribution < 1.29 is 23.0 Å². The monoisotopic (exact) mass is 315 g/mol. The number of methoxy groups -OCH3 is 2. The number of rotatable bonds is 4. The molecule has 6 nitrogen and oxygen atoms in total. The highest BCUT2D eigenvalue weighted by Crippen LogP contribution is 2.31. The summed E-state index contributed by atoms with van der Waals surface area (Å²) in [7, 11) is -0.685. The Kier molecular flexibility index (Phi) is 4.75. The minimum atomic E-state index is -3.64. The first-order chi connectivity index (χ1) is 9.90. The van der Waals surface area contributed by atoms with Gasteiger partial charge in [-0.15, -0.1) is 0 Å². The highest BCUT2D eigenvalue weighted by Gasteiger charge is 2.33. The zero-order valence-electron chi connectivity index (χ0n) is 12.4. The van der Waals surface area contributed by atoms with E-state index in [1.807, 2.05) is 6.92 Å². The van der Waals surface area contributed by atoms with E-state index in [4.69, 9.17) is 9.47 Å². The third-order valence-electron chi connectivity index (χ3n) is 3.87. The molecular weight excluding hydrogens is 294 g/mol. The van der Waals surface area contributed by atoms with E-state index in [1.165, 1.54) is 30.7 Å². The molecule has 1 fully saturated rings. The number of aliphatic hydroxyl groups is 1. The number of benzene rings is 1. The molecule has 0 bridgehead atoms. The lowest BCUT2D eigenvalue weighted by Crippen LogP contribution is -2.45. The number of hydrogen-bond acceptors (Lipinski definition) is 5. The molecule has 2 unspecified atom stereocenters. The zero-order valence-corrected chi connectivity index (χ0v) is 13.3. The van der Waals surface area contributed by atoms with Crippen molar-refractivity contribution in [2.75, 3.05) is 27.3 Å². The van der Waals surface area contributed by atoms with E-state index < -0.39 is 16.1 Å². The van der Waals surface area contributed by atoms with Gasteiger partial charge in [-0.2, -0.15) is 4.31 Å². The summed E-state index contributed by atoms with van der Waals surface area (Å²) in [4.78, 5) is 0.141. The van der Waals surface area contributed by atoms with Crippen molar-refractivity contribution in [2.24, 2.45) is 5.92 Å². The third kappa shape index (κ3) is 3.14. The molecule has 21 heavy (non-hydrogen) atoms. The van der Waals surface area contributed by atoms with Crippen LogP contribution in [0.1, 0.15) is 13.3 Å². The molecule has 2 rings (SSSR count). The summed E-state index contributed by atoms with van der Waals surface area (Å²) >= 11 is 0. The van der Waals surface area contributed by atoms with Crippen LogP contribution in [0.15, 0.2) is 23.1 Å². The number of nitrogens with zero attached hydrogens (tertiary/aromatic N) is 1. The van der Waals surface area contributed by atoms with Gasteiger partial charge < -0.3 is 14.6 Å². The predicted molar refractivity (Wildman–Crippen MR) is 78.1 cm³/mol. The van der Waals surface area contributed by atoms with Gasteiger partial charge in [-0.25, -0.2) is 8.42 Å². The Morgan fingerprint density at radius 2 is 1.90 bits per heavy atom. The van der Waals surface area contributed by atoms with E-state index in [0.29, 0.717) is 24.5 Å². The summed E-state index contributed by atoms with van der Waals surface area (Å²) in [5.74, 6) is 0.954. The van der Waals surface area contributed by atoms with Gasteiger partial charge in [0, 0.05) is 19.2 Å². The first-order valence-electron chi connectivity index (χ1n) is 6.80. The second-order valence-electron chi connectivity index (χ2n) is 5.21. The maximum absolute atomic E-state index is 12.6. The van der Waals surface area contributed by atoms with Gasteiger partial charge in [0.15, 0.2) is 11.5 Å². The lowest BCUT2D eigenvalue weighted by atomic mass is 9.98. The molecule has 2 atom stereocenters. The quantitative estimate of drug-likeness (QED) is 0.900. The van der Waals surface area contributed by atoms with Crippen LogP contribution in [-0.4, -0.2) is 51.2 Å². The van der Waals surface area contributed by atoms with Crippen molar-refractivity contribution in [3.63, 3.8) is 0 Å². The molecule has 0 saturated carbocycles. The molecule has 1 N–H and O–H groups in total. The SMILES string of the molecule is COc1ccc(S(=O)(=O)N2CCC(C)C(O)C2)cc1OC.